The van der Waals surface area contributed by atoms with Crippen molar-refractivity contribution in [2.24, 2.45) is 0 Å². The molecule has 0 spiro atoms. The van der Waals surface area contributed by atoms with Gasteiger partial charge in [0.1, 0.15) is 17.5 Å². The van der Waals surface area contributed by atoms with Crippen LogP contribution in [0.2, 0.25) is 0 Å². The molecule has 0 radical (unpaired) electrons. The minimum absolute atomic E-state index is 0.136. The summed E-state index contributed by atoms with van der Waals surface area (Å²) in [6, 6.07) is 2.36. The Morgan fingerprint density at radius 1 is 1.29 bits per heavy atom. The molecular formula is C16H27N5. The van der Waals surface area contributed by atoms with Crippen molar-refractivity contribution in [2.45, 2.75) is 59.4 Å². The zero-order valence-corrected chi connectivity index (χ0v) is 13.9. The lowest BCUT2D eigenvalue weighted by Crippen LogP contribution is -2.30. The van der Waals surface area contributed by atoms with Crippen LogP contribution in [-0.2, 0) is 6.42 Å². The normalized spacial score (nSPS) is 11.8. The van der Waals surface area contributed by atoms with Crippen molar-refractivity contribution in [2.75, 3.05) is 23.8 Å². The van der Waals surface area contributed by atoms with E-state index in [0.29, 0.717) is 6.42 Å². The average molecular weight is 289 g/mol. The third kappa shape index (κ3) is 4.59. The third-order valence-electron chi connectivity index (χ3n) is 3.56. The van der Waals surface area contributed by atoms with E-state index in [4.69, 9.17) is 10.2 Å². The molecule has 1 unspecified atom stereocenters. The minimum atomic E-state index is 0.136. The Labute approximate surface area is 128 Å². The average Bonchev–Trinajstić information content (AvgIpc) is 2.47. The first-order chi connectivity index (χ1) is 10.0. The van der Waals surface area contributed by atoms with Crippen LogP contribution in [0.4, 0.5) is 11.6 Å². The van der Waals surface area contributed by atoms with Crippen LogP contribution >= 0.6 is 0 Å². The number of aromatic nitrogens is 2. The molecule has 0 aliphatic carbocycles. The number of nitrogens with one attached hydrogen (secondary N) is 1. The molecule has 0 amide bonds. The van der Waals surface area contributed by atoms with Crippen LogP contribution in [0.1, 0.15) is 51.4 Å². The van der Waals surface area contributed by atoms with Gasteiger partial charge in [0, 0.05) is 31.6 Å². The van der Waals surface area contributed by atoms with Crippen LogP contribution in [0, 0.1) is 18.3 Å². The zero-order valence-electron chi connectivity index (χ0n) is 13.9. The van der Waals surface area contributed by atoms with Gasteiger partial charge < -0.3 is 10.2 Å². The maximum absolute atomic E-state index is 8.89. The fourth-order valence-corrected chi connectivity index (χ4v) is 2.12. The van der Waals surface area contributed by atoms with Crippen LogP contribution < -0.4 is 10.2 Å². The van der Waals surface area contributed by atoms with Crippen molar-refractivity contribution in [3.05, 3.63) is 11.4 Å². The quantitative estimate of drug-likeness (QED) is 0.795. The van der Waals surface area contributed by atoms with Crippen molar-refractivity contribution in [3.8, 4) is 6.07 Å². The Morgan fingerprint density at radius 3 is 2.57 bits per heavy atom. The van der Waals surface area contributed by atoms with Gasteiger partial charge in [-0.15, -0.1) is 0 Å². The first-order valence-electron chi connectivity index (χ1n) is 7.76. The number of nitrogens with zero attached hydrogens (tertiary/aromatic N) is 4. The van der Waals surface area contributed by atoms with Gasteiger partial charge in [0.05, 0.1) is 12.5 Å². The molecule has 0 aliphatic heterocycles. The van der Waals surface area contributed by atoms with Crippen molar-refractivity contribution in [3.63, 3.8) is 0 Å². The lowest BCUT2D eigenvalue weighted by atomic mass is 10.2. The van der Waals surface area contributed by atoms with E-state index in [9.17, 15) is 0 Å². The Hall–Kier alpha value is -1.83. The fourth-order valence-electron chi connectivity index (χ4n) is 2.12. The molecule has 1 atom stereocenters. The summed E-state index contributed by atoms with van der Waals surface area (Å²) >= 11 is 0. The van der Waals surface area contributed by atoms with Gasteiger partial charge >= 0.3 is 0 Å². The monoisotopic (exact) mass is 289 g/mol. The second kappa shape index (κ2) is 8.46. The van der Waals surface area contributed by atoms with Crippen molar-refractivity contribution >= 4 is 11.6 Å². The first-order valence-corrected chi connectivity index (χ1v) is 7.76. The highest BCUT2D eigenvalue weighted by Crippen LogP contribution is 2.25. The summed E-state index contributed by atoms with van der Waals surface area (Å²) in [6.45, 7) is 9.25. The van der Waals surface area contributed by atoms with Crippen LogP contribution in [0.3, 0.4) is 0 Å². The van der Waals surface area contributed by atoms with E-state index in [2.05, 4.69) is 35.1 Å². The Balaban J connectivity index is 3.15. The van der Waals surface area contributed by atoms with E-state index in [0.717, 1.165) is 48.8 Å². The topological polar surface area (TPSA) is 64.8 Å². The van der Waals surface area contributed by atoms with E-state index in [1.165, 1.54) is 0 Å². The van der Waals surface area contributed by atoms with Crippen LogP contribution in [0.15, 0.2) is 0 Å². The molecule has 0 aromatic carbocycles. The smallest absolute Gasteiger partial charge is 0.137 e. The van der Waals surface area contributed by atoms with Crippen molar-refractivity contribution in [1.29, 1.82) is 5.26 Å². The van der Waals surface area contributed by atoms with Gasteiger partial charge in [0.2, 0.25) is 0 Å². The number of rotatable bonds is 8. The van der Waals surface area contributed by atoms with Gasteiger partial charge in [-0.2, -0.15) is 5.26 Å². The number of hydrogen-bond acceptors (Lipinski definition) is 5. The zero-order chi connectivity index (χ0) is 15.8. The Kier molecular flexibility index (Phi) is 6.93. The molecule has 1 aromatic heterocycles. The first kappa shape index (κ1) is 17.2. The lowest BCUT2D eigenvalue weighted by Gasteiger charge is -2.27. The molecule has 21 heavy (non-hydrogen) atoms. The van der Waals surface area contributed by atoms with E-state index in [-0.39, 0.29) is 6.04 Å². The van der Waals surface area contributed by atoms with Gasteiger partial charge in [-0.05, 0) is 26.7 Å². The van der Waals surface area contributed by atoms with Crippen LogP contribution in [0.25, 0.3) is 0 Å². The number of anilines is 2. The molecule has 0 fully saturated rings. The van der Waals surface area contributed by atoms with E-state index in [1.54, 1.807) is 0 Å². The SMILES string of the molecule is CCCNc1nc(CCC)nc(N(C)C(C)CC#N)c1C. The lowest BCUT2D eigenvalue weighted by molar-refractivity contribution is 0.685. The highest BCUT2D eigenvalue weighted by molar-refractivity contribution is 5.58. The molecule has 1 aromatic rings. The fraction of sp³-hybridized carbons (Fsp3) is 0.688. The molecule has 0 bridgehead atoms. The molecule has 5 heteroatoms. The van der Waals surface area contributed by atoms with E-state index >= 15 is 0 Å². The molecule has 0 saturated carbocycles. The predicted molar refractivity (Wildman–Crippen MR) is 87.6 cm³/mol. The summed E-state index contributed by atoms with van der Waals surface area (Å²) in [5, 5.41) is 12.3. The van der Waals surface area contributed by atoms with Gasteiger partial charge in [-0.1, -0.05) is 13.8 Å². The molecule has 116 valence electrons. The second-order valence-electron chi connectivity index (χ2n) is 5.44. The highest BCUT2D eigenvalue weighted by atomic mass is 15.2. The third-order valence-corrected chi connectivity index (χ3v) is 3.56. The summed E-state index contributed by atoms with van der Waals surface area (Å²) in [6.07, 6.45) is 3.44. The summed E-state index contributed by atoms with van der Waals surface area (Å²) in [4.78, 5) is 11.4. The standard InChI is InChI=1S/C16H27N5/c1-6-8-14-19-15(18-11-7-2)13(4)16(20-14)21(5)12(3)9-10-17/h12H,6-9,11H2,1-5H3,(H,18,19,20). The highest BCUT2D eigenvalue weighted by Gasteiger charge is 2.17. The molecule has 0 aliphatic rings. The molecule has 1 rings (SSSR count). The maximum atomic E-state index is 8.89. The Morgan fingerprint density at radius 2 is 2.00 bits per heavy atom. The molecular weight excluding hydrogens is 262 g/mol. The maximum Gasteiger partial charge on any atom is 0.137 e. The number of hydrogen-bond donors (Lipinski definition) is 1. The molecule has 1 N–H and O–H groups in total. The van der Waals surface area contributed by atoms with Crippen molar-refractivity contribution in [1.82, 2.24) is 9.97 Å². The summed E-state index contributed by atoms with van der Waals surface area (Å²) in [7, 11) is 2.00. The minimum Gasteiger partial charge on any atom is -0.370 e. The molecule has 0 saturated heterocycles. The number of nitriles is 1. The summed E-state index contributed by atoms with van der Waals surface area (Å²) < 4.78 is 0. The Bertz CT molecular complexity index is 492. The largest absolute Gasteiger partial charge is 0.370 e. The van der Waals surface area contributed by atoms with Gasteiger partial charge in [-0.25, -0.2) is 9.97 Å². The second-order valence-corrected chi connectivity index (χ2v) is 5.44. The summed E-state index contributed by atoms with van der Waals surface area (Å²) in [5.41, 5.74) is 1.05. The van der Waals surface area contributed by atoms with Crippen LogP contribution in [-0.4, -0.2) is 29.6 Å². The molecule has 5 nitrogen and oxygen atoms in total. The number of aryl methyl sites for hydroxylation is 1. The van der Waals surface area contributed by atoms with Crippen molar-refractivity contribution < 1.29 is 0 Å². The van der Waals surface area contributed by atoms with Gasteiger partial charge in [0.15, 0.2) is 0 Å². The van der Waals surface area contributed by atoms with Gasteiger partial charge in [-0.3, -0.25) is 0 Å². The molecule has 1 heterocycles. The van der Waals surface area contributed by atoms with E-state index < -0.39 is 0 Å². The van der Waals surface area contributed by atoms with Gasteiger partial charge in [0.25, 0.3) is 0 Å². The predicted octanol–water partition coefficient (Wildman–Crippen LogP) is 3.30. The van der Waals surface area contributed by atoms with Crippen LogP contribution in [0.5, 0.6) is 0 Å². The summed E-state index contributed by atoms with van der Waals surface area (Å²) in [5.74, 6) is 2.71. The van der Waals surface area contributed by atoms with E-state index in [1.807, 2.05) is 20.9 Å².